The lowest BCUT2D eigenvalue weighted by Gasteiger charge is -1.92. The van der Waals surface area contributed by atoms with Crippen molar-refractivity contribution in [3.05, 3.63) is 34.3 Å². The molecule has 1 aromatic heterocycles. The summed E-state index contributed by atoms with van der Waals surface area (Å²) in [6, 6.07) is 2.13. The molecule has 0 saturated carbocycles. The second-order valence-corrected chi connectivity index (χ2v) is 2.52. The molecule has 0 radical (unpaired) electrons. The van der Waals surface area contributed by atoms with E-state index in [0.717, 1.165) is 6.07 Å². The standard InChI is InChI=1S/C7H4FN3O2/c8-6-2-5(11(12)13)1-4-3-9-10-7(4)6/h1-3H,(H,9,10). The molecule has 2 aromatic rings. The molecule has 66 valence electrons. The Morgan fingerprint density at radius 3 is 3.00 bits per heavy atom. The first-order valence-electron chi connectivity index (χ1n) is 3.45. The highest BCUT2D eigenvalue weighted by molar-refractivity contribution is 5.80. The number of hydrogen-bond acceptors (Lipinski definition) is 3. The van der Waals surface area contributed by atoms with Gasteiger partial charge in [-0.1, -0.05) is 0 Å². The number of non-ortho nitro benzene ring substituents is 1. The first-order chi connectivity index (χ1) is 6.18. The van der Waals surface area contributed by atoms with Crippen molar-refractivity contribution in [1.82, 2.24) is 10.2 Å². The summed E-state index contributed by atoms with van der Waals surface area (Å²) < 4.78 is 13.1. The lowest BCUT2D eigenvalue weighted by Crippen LogP contribution is -1.89. The number of fused-ring (bicyclic) bond motifs is 1. The maximum atomic E-state index is 13.1. The maximum Gasteiger partial charge on any atom is 0.273 e. The van der Waals surface area contributed by atoms with Crippen LogP contribution in [0.5, 0.6) is 0 Å². The average molecular weight is 181 g/mol. The van der Waals surface area contributed by atoms with Crippen molar-refractivity contribution in [2.75, 3.05) is 0 Å². The Kier molecular flexibility index (Phi) is 1.48. The van der Waals surface area contributed by atoms with Gasteiger partial charge in [-0.15, -0.1) is 0 Å². The van der Waals surface area contributed by atoms with E-state index in [1.54, 1.807) is 0 Å². The fourth-order valence-electron chi connectivity index (χ4n) is 1.10. The third-order valence-electron chi connectivity index (χ3n) is 1.70. The van der Waals surface area contributed by atoms with Crippen LogP contribution in [0.25, 0.3) is 10.9 Å². The normalized spacial score (nSPS) is 10.5. The zero-order valence-electron chi connectivity index (χ0n) is 6.32. The van der Waals surface area contributed by atoms with Gasteiger partial charge in [0, 0.05) is 11.5 Å². The Morgan fingerprint density at radius 2 is 2.31 bits per heavy atom. The monoisotopic (exact) mass is 181 g/mol. The quantitative estimate of drug-likeness (QED) is 0.536. The summed E-state index contributed by atoms with van der Waals surface area (Å²) in [6.45, 7) is 0. The number of nitrogens with one attached hydrogen (secondary N) is 1. The molecule has 0 spiro atoms. The molecule has 1 N–H and O–H groups in total. The molecule has 0 bridgehead atoms. The number of nitro benzene ring substituents is 1. The van der Waals surface area contributed by atoms with E-state index in [4.69, 9.17) is 0 Å². The van der Waals surface area contributed by atoms with Crippen molar-refractivity contribution in [3.8, 4) is 0 Å². The number of hydrogen-bond donors (Lipinski definition) is 1. The largest absolute Gasteiger partial charge is 0.275 e. The third kappa shape index (κ3) is 1.12. The molecular weight excluding hydrogens is 177 g/mol. The number of nitrogens with zero attached hydrogens (tertiary/aromatic N) is 2. The number of nitro groups is 1. The van der Waals surface area contributed by atoms with Gasteiger partial charge in [0.25, 0.3) is 5.69 Å². The maximum absolute atomic E-state index is 13.1. The van der Waals surface area contributed by atoms with Crippen LogP contribution in [0.4, 0.5) is 10.1 Å². The lowest BCUT2D eigenvalue weighted by molar-refractivity contribution is -0.384. The number of rotatable bonds is 1. The molecule has 0 atom stereocenters. The van der Waals surface area contributed by atoms with E-state index >= 15 is 0 Å². The van der Waals surface area contributed by atoms with Gasteiger partial charge in [0.15, 0.2) is 5.82 Å². The van der Waals surface area contributed by atoms with Crippen molar-refractivity contribution in [2.24, 2.45) is 0 Å². The second kappa shape index (κ2) is 2.51. The smallest absolute Gasteiger partial charge is 0.273 e. The number of H-pyrrole nitrogens is 1. The molecule has 0 aliphatic heterocycles. The summed E-state index contributed by atoms with van der Waals surface area (Å²) in [5.41, 5.74) is -0.0861. The van der Waals surface area contributed by atoms with Crippen LogP contribution in [-0.2, 0) is 0 Å². The minimum absolute atomic E-state index is 0.186. The average Bonchev–Trinajstić information content (AvgIpc) is 2.51. The van der Waals surface area contributed by atoms with Crippen molar-refractivity contribution < 1.29 is 9.31 Å². The van der Waals surface area contributed by atoms with Gasteiger partial charge >= 0.3 is 0 Å². The highest BCUT2D eigenvalue weighted by Gasteiger charge is 2.12. The van der Waals surface area contributed by atoms with E-state index < -0.39 is 10.7 Å². The Bertz CT molecular complexity index is 480. The molecule has 0 saturated heterocycles. The van der Waals surface area contributed by atoms with E-state index in [1.165, 1.54) is 12.3 Å². The first kappa shape index (κ1) is 7.66. The second-order valence-electron chi connectivity index (χ2n) is 2.52. The zero-order chi connectivity index (χ0) is 9.42. The SMILES string of the molecule is O=[N+]([O-])c1cc(F)c2[nH]ncc2c1. The van der Waals surface area contributed by atoms with Crippen LogP contribution in [0.1, 0.15) is 0 Å². The van der Waals surface area contributed by atoms with Gasteiger partial charge in [-0.05, 0) is 0 Å². The van der Waals surface area contributed by atoms with Crippen LogP contribution >= 0.6 is 0 Å². The summed E-state index contributed by atoms with van der Waals surface area (Å²) >= 11 is 0. The number of aromatic amines is 1. The molecule has 0 aliphatic rings. The molecule has 0 unspecified atom stereocenters. The van der Waals surface area contributed by atoms with Gasteiger partial charge in [0.05, 0.1) is 17.2 Å². The van der Waals surface area contributed by atoms with Crippen LogP contribution in [0, 0.1) is 15.9 Å². The van der Waals surface area contributed by atoms with Crippen LogP contribution in [0.15, 0.2) is 18.3 Å². The molecule has 0 fully saturated rings. The Labute approximate surface area is 71.3 Å². The molecule has 13 heavy (non-hydrogen) atoms. The lowest BCUT2D eigenvalue weighted by atomic mass is 10.2. The van der Waals surface area contributed by atoms with E-state index in [0.29, 0.717) is 5.39 Å². The fourth-order valence-corrected chi connectivity index (χ4v) is 1.10. The molecule has 1 aromatic carbocycles. The van der Waals surface area contributed by atoms with E-state index in [-0.39, 0.29) is 11.2 Å². The first-order valence-corrected chi connectivity index (χ1v) is 3.45. The summed E-state index contributed by atoms with van der Waals surface area (Å²) in [6.07, 6.45) is 1.34. The highest BCUT2D eigenvalue weighted by Crippen LogP contribution is 2.21. The van der Waals surface area contributed by atoms with Crippen molar-refractivity contribution in [3.63, 3.8) is 0 Å². The fraction of sp³-hybridized carbons (Fsp3) is 0. The van der Waals surface area contributed by atoms with Gasteiger partial charge in [0.2, 0.25) is 0 Å². The summed E-state index contributed by atoms with van der Waals surface area (Å²) in [5, 5.41) is 16.7. The molecule has 1 heterocycles. The van der Waals surface area contributed by atoms with Gasteiger partial charge in [-0.3, -0.25) is 15.2 Å². The minimum Gasteiger partial charge on any atom is -0.275 e. The summed E-state index contributed by atoms with van der Waals surface area (Å²) in [7, 11) is 0. The summed E-state index contributed by atoms with van der Waals surface area (Å²) in [4.78, 5) is 9.68. The van der Waals surface area contributed by atoms with Gasteiger partial charge < -0.3 is 0 Å². The van der Waals surface area contributed by atoms with E-state index in [1.807, 2.05) is 0 Å². The van der Waals surface area contributed by atoms with Crippen LogP contribution < -0.4 is 0 Å². The van der Waals surface area contributed by atoms with Crippen LogP contribution in [0.2, 0.25) is 0 Å². The zero-order valence-corrected chi connectivity index (χ0v) is 6.32. The predicted octanol–water partition coefficient (Wildman–Crippen LogP) is 1.61. The third-order valence-corrected chi connectivity index (χ3v) is 1.70. The van der Waals surface area contributed by atoms with Crippen molar-refractivity contribution in [1.29, 1.82) is 0 Å². The molecule has 0 amide bonds. The highest BCUT2D eigenvalue weighted by atomic mass is 19.1. The van der Waals surface area contributed by atoms with Crippen molar-refractivity contribution >= 4 is 16.6 Å². The van der Waals surface area contributed by atoms with E-state index in [9.17, 15) is 14.5 Å². The number of benzene rings is 1. The molecule has 0 aliphatic carbocycles. The molecular formula is C7H4FN3O2. The van der Waals surface area contributed by atoms with Crippen LogP contribution in [-0.4, -0.2) is 15.1 Å². The Morgan fingerprint density at radius 1 is 1.54 bits per heavy atom. The minimum atomic E-state index is -0.665. The molecule has 5 nitrogen and oxygen atoms in total. The Balaban J connectivity index is 2.77. The van der Waals surface area contributed by atoms with Crippen LogP contribution in [0.3, 0.4) is 0 Å². The number of aromatic nitrogens is 2. The molecule has 6 heteroatoms. The number of halogens is 1. The topological polar surface area (TPSA) is 71.8 Å². The molecule has 2 rings (SSSR count). The van der Waals surface area contributed by atoms with Gasteiger partial charge in [-0.2, -0.15) is 5.10 Å². The summed E-state index contributed by atoms with van der Waals surface area (Å²) in [5.74, 6) is -0.665. The van der Waals surface area contributed by atoms with E-state index in [2.05, 4.69) is 10.2 Å². The van der Waals surface area contributed by atoms with Gasteiger partial charge in [-0.25, -0.2) is 4.39 Å². The van der Waals surface area contributed by atoms with Crippen molar-refractivity contribution in [2.45, 2.75) is 0 Å². The van der Waals surface area contributed by atoms with Gasteiger partial charge in [0.1, 0.15) is 5.52 Å². The predicted molar refractivity (Wildman–Crippen MR) is 42.7 cm³/mol. The Hall–Kier alpha value is -1.98.